The third kappa shape index (κ3) is 4.08. The molecule has 1 amide bonds. The van der Waals surface area contributed by atoms with Crippen LogP contribution < -0.4 is 11.1 Å². The number of aromatic nitrogens is 3. The molecule has 2 heterocycles. The minimum Gasteiger partial charge on any atom is -0.380 e. The first kappa shape index (κ1) is 18.5. The number of aryl methyl sites for hydroxylation is 1. The van der Waals surface area contributed by atoms with Crippen molar-refractivity contribution in [1.29, 1.82) is 0 Å². The van der Waals surface area contributed by atoms with Gasteiger partial charge in [-0.1, -0.05) is 6.42 Å². The Labute approximate surface area is 151 Å². The first-order chi connectivity index (χ1) is 12.6. The second-order valence-corrected chi connectivity index (χ2v) is 6.44. The lowest BCUT2D eigenvalue weighted by atomic mass is 10.1. The Hall–Kier alpha value is -2.32. The zero-order chi connectivity index (χ0) is 18.5. The van der Waals surface area contributed by atoms with Gasteiger partial charge in [-0.05, 0) is 31.0 Å². The highest BCUT2D eigenvalue weighted by atomic mass is 19.1. The lowest BCUT2D eigenvalue weighted by Gasteiger charge is -2.13. The van der Waals surface area contributed by atoms with Crippen LogP contribution in [0, 0.1) is 5.82 Å². The molecule has 1 atom stereocenters. The summed E-state index contributed by atoms with van der Waals surface area (Å²) in [7, 11) is 1.51. The number of fused-ring (bicyclic) bond motifs is 1. The number of benzene rings is 1. The van der Waals surface area contributed by atoms with Gasteiger partial charge in [0.15, 0.2) is 5.82 Å². The van der Waals surface area contributed by atoms with E-state index in [1.165, 1.54) is 19.2 Å². The van der Waals surface area contributed by atoms with E-state index in [1.54, 1.807) is 6.07 Å². The lowest BCUT2D eigenvalue weighted by molar-refractivity contribution is -0.118. The van der Waals surface area contributed by atoms with E-state index in [4.69, 9.17) is 10.5 Å². The Kier molecular flexibility index (Phi) is 5.95. The van der Waals surface area contributed by atoms with Crippen molar-refractivity contribution in [2.75, 3.05) is 19.0 Å². The SMILES string of the molecule is COC(CN)CC(=O)Nc1ccc(F)c(-c2nnc3n2CCCCC3)c1. The number of nitrogens with zero attached hydrogens (tertiary/aromatic N) is 3. The predicted octanol–water partition coefficient (Wildman–Crippen LogP) is 2.11. The molecule has 1 aromatic heterocycles. The van der Waals surface area contributed by atoms with Crippen molar-refractivity contribution in [2.24, 2.45) is 5.73 Å². The maximum Gasteiger partial charge on any atom is 0.227 e. The van der Waals surface area contributed by atoms with Gasteiger partial charge in [-0.25, -0.2) is 4.39 Å². The fourth-order valence-corrected chi connectivity index (χ4v) is 3.14. The maximum atomic E-state index is 14.4. The maximum absolute atomic E-state index is 14.4. The molecule has 0 radical (unpaired) electrons. The molecule has 0 aliphatic carbocycles. The molecule has 140 valence electrons. The van der Waals surface area contributed by atoms with E-state index in [1.807, 2.05) is 4.57 Å². The van der Waals surface area contributed by atoms with Crippen LogP contribution in [0.5, 0.6) is 0 Å². The van der Waals surface area contributed by atoms with Gasteiger partial charge >= 0.3 is 0 Å². The predicted molar refractivity (Wildman–Crippen MR) is 96.1 cm³/mol. The minimum absolute atomic E-state index is 0.139. The van der Waals surface area contributed by atoms with E-state index in [0.29, 0.717) is 17.1 Å². The number of nitrogens with two attached hydrogens (primary N) is 1. The first-order valence-corrected chi connectivity index (χ1v) is 8.87. The van der Waals surface area contributed by atoms with Crippen LogP contribution in [0.3, 0.4) is 0 Å². The summed E-state index contributed by atoms with van der Waals surface area (Å²) in [6, 6.07) is 4.46. The average Bonchev–Trinajstić information content (AvgIpc) is 2.89. The highest BCUT2D eigenvalue weighted by Gasteiger charge is 2.19. The molecule has 7 nitrogen and oxygen atoms in total. The number of rotatable bonds is 6. The number of carbonyl (C=O) groups excluding carboxylic acids is 1. The van der Waals surface area contributed by atoms with Crippen molar-refractivity contribution in [3.63, 3.8) is 0 Å². The van der Waals surface area contributed by atoms with E-state index in [9.17, 15) is 9.18 Å². The smallest absolute Gasteiger partial charge is 0.227 e. The number of amides is 1. The summed E-state index contributed by atoms with van der Waals surface area (Å²) in [5, 5.41) is 11.2. The van der Waals surface area contributed by atoms with Crippen molar-refractivity contribution in [1.82, 2.24) is 14.8 Å². The zero-order valence-electron chi connectivity index (χ0n) is 14.9. The molecule has 2 aromatic rings. The van der Waals surface area contributed by atoms with Crippen LogP contribution >= 0.6 is 0 Å². The molecule has 0 spiro atoms. The summed E-state index contributed by atoms with van der Waals surface area (Å²) in [6.45, 7) is 1.03. The largest absolute Gasteiger partial charge is 0.380 e. The fraction of sp³-hybridized carbons (Fsp3) is 0.500. The van der Waals surface area contributed by atoms with Gasteiger partial charge in [-0.15, -0.1) is 10.2 Å². The second-order valence-electron chi connectivity index (χ2n) is 6.44. The normalized spacial score (nSPS) is 15.2. The average molecular weight is 361 g/mol. The van der Waals surface area contributed by atoms with Crippen LogP contribution in [-0.2, 0) is 22.5 Å². The van der Waals surface area contributed by atoms with Crippen molar-refractivity contribution in [3.05, 3.63) is 29.8 Å². The van der Waals surface area contributed by atoms with Gasteiger partial charge in [-0.2, -0.15) is 0 Å². The lowest BCUT2D eigenvalue weighted by Crippen LogP contribution is -2.28. The fourth-order valence-electron chi connectivity index (χ4n) is 3.14. The molecule has 0 saturated heterocycles. The summed E-state index contributed by atoms with van der Waals surface area (Å²) in [6.07, 6.45) is 3.86. The topological polar surface area (TPSA) is 95.1 Å². The Balaban J connectivity index is 1.83. The Morgan fingerprint density at radius 3 is 3.00 bits per heavy atom. The number of carbonyl (C=O) groups is 1. The van der Waals surface area contributed by atoms with Gasteiger partial charge in [0.2, 0.25) is 5.91 Å². The van der Waals surface area contributed by atoms with Crippen LogP contribution in [0.1, 0.15) is 31.5 Å². The summed E-state index contributed by atoms with van der Waals surface area (Å²) in [5.74, 6) is 0.767. The van der Waals surface area contributed by atoms with Gasteiger partial charge in [0.05, 0.1) is 18.1 Å². The van der Waals surface area contributed by atoms with Crippen LogP contribution in [0.4, 0.5) is 10.1 Å². The Morgan fingerprint density at radius 2 is 2.23 bits per heavy atom. The van der Waals surface area contributed by atoms with Crippen LogP contribution in [0.15, 0.2) is 18.2 Å². The summed E-state index contributed by atoms with van der Waals surface area (Å²) in [5.41, 5.74) is 6.38. The molecule has 8 heteroatoms. The molecule has 1 aliphatic rings. The summed E-state index contributed by atoms with van der Waals surface area (Å²) < 4.78 is 21.5. The van der Waals surface area contributed by atoms with E-state index >= 15 is 0 Å². The van der Waals surface area contributed by atoms with Crippen LogP contribution in [0.2, 0.25) is 0 Å². The standard InChI is InChI=1S/C18H24FN5O2/c1-26-13(11-20)10-17(25)21-12-6-7-15(19)14(9-12)18-23-22-16-5-3-2-4-8-24(16)18/h6-7,9,13H,2-5,8,10-11,20H2,1H3,(H,21,25). The Morgan fingerprint density at radius 1 is 1.38 bits per heavy atom. The van der Waals surface area contributed by atoms with Gasteiger partial charge in [0, 0.05) is 32.3 Å². The van der Waals surface area contributed by atoms with Gasteiger partial charge < -0.3 is 20.4 Å². The highest BCUT2D eigenvalue weighted by Crippen LogP contribution is 2.27. The van der Waals surface area contributed by atoms with E-state index in [0.717, 1.165) is 38.1 Å². The molecule has 0 saturated carbocycles. The number of nitrogens with one attached hydrogen (secondary N) is 1. The molecule has 1 aliphatic heterocycles. The molecular weight excluding hydrogens is 337 g/mol. The number of methoxy groups -OCH3 is 1. The molecule has 3 N–H and O–H groups in total. The number of hydrogen-bond donors (Lipinski definition) is 2. The molecule has 0 fully saturated rings. The molecule has 1 unspecified atom stereocenters. The monoisotopic (exact) mass is 361 g/mol. The minimum atomic E-state index is -0.390. The van der Waals surface area contributed by atoms with E-state index in [-0.39, 0.29) is 30.8 Å². The van der Waals surface area contributed by atoms with Crippen molar-refractivity contribution < 1.29 is 13.9 Å². The molecular formula is C18H24FN5O2. The molecule has 0 bridgehead atoms. The van der Waals surface area contributed by atoms with Gasteiger partial charge in [0.25, 0.3) is 0 Å². The second kappa shape index (κ2) is 8.37. The van der Waals surface area contributed by atoms with Gasteiger partial charge in [0.1, 0.15) is 11.6 Å². The molecule has 1 aromatic carbocycles. The number of anilines is 1. The summed E-state index contributed by atoms with van der Waals surface area (Å²) >= 11 is 0. The molecule has 26 heavy (non-hydrogen) atoms. The number of hydrogen-bond acceptors (Lipinski definition) is 5. The first-order valence-electron chi connectivity index (χ1n) is 8.87. The number of ether oxygens (including phenoxy) is 1. The van der Waals surface area contributed by atoms with E-state index < -0.39 is 0 Å². The quantitative estimate of drug-likeness (QED) is 0.822. The van der Waals surface area contributed by atoms with Crippen LogP contribution in [-0.4, -0.2) is 40.4 Å². The van der Waals surface area contributed by atoms with Crippen molar-refractivity contribution in [3.8, 4) is 11.4 Å². The van der Waals surface area contributed by atoms with E-state index in [2.05, 4.69) is 15.5 Å². The van der Waals surface area contributed by atoms with Crippen LogP contribution in [0.25, 0.3) is 11.4 Å². The number of halogens is 1. The third-order valence-electron chi connectivity index (χ3n) is 4.61. The zero-order valence-corrected chi connectivity index (χ0v) is 14.9. The highest BCUT2D eigenvalue weighted by molar-refractivity contribution is 5.91. The summed E-state index contributed by atoms with van der Waals surface area (Å²) in [4.78, 5) is 12.1. The Bertz CT molecular complexity index is 773. The van der Waals surface area contributed by atoms with Gasteiger partial charge in [-0.3, -0.25) is 4.79 Å². The van der Waals surface area contributed by atoms with Crippen molar-refractivity contribution >= 4 is 11.6 Å². The van der Waals surface area contributed by atoms with Crippen molar-refractivity contribution in [2.45, 2.75) is 44.8 Å². The third-order valence-corrected chi connectivity index (χ3v) is 4.61. The molecule has 3 rings (SSSR count).